The van der Waals surface area contributed by atoms with Crippen molar-refractivity contribution < 1.29 is 0 Å². The topological polar surface area (TPSA) is 36.8 Å². The van der Waals surface area contributed by atoms with E-state index in [-0.39, 0.29) is 0 Å². The van der Waals surface area contributed by atoms with Crippen molar-refractivity contribution in [2.24, 2.45) is 10.3 Å². The standard InChI is InChI=1S/C24H15Cl4N3/c25-19-9-17(10-20(26)13-19)15-1-5-23(6-2-15)29-31-30-24-7-3-16(4-8-24)18-11-21(27)14-22(28)12-18/h1-14H,(H,29,30). The predicted octanol–water partition coefficient (Wildman–Crippen LogP) is 9.74. The highest BCUT2D eigenvalue weighted by Gasteiger charge is 2.03. The fraction of sp³-hybridized carbons (Fsp3) is 0. The average Bonchev–Trinajstić information content (AvgIpc) is 2.73. The molecule has 0 aromatic heterocycles. The molecule has 0 spiro atoms. The SMILES string of the molecule is Clc1cc(Cl)cc(-c2ccc(/N=N/Nc3ccc(-c4cc(Cl)cc(Cl)c4)cc3)cc2)c1. The van der Waals surface area contributed by atoms with Crippen molar-refractivity contribution in [3.8, 4) is 22.3 Å². The molecule has 1 N–H and O–H groups in total. The van der Waals surface area contributed by atoms with Crippen LogP contribution < -0.4 is 5.43 Å². The lowest BCUT2D eigenvalue weighted by Crippen LogP contribution is -1.86. The number of nitrogens with one attached hydrogen (secondary N) is 1. The van der Waals surface area contributed by atoms with Gasteiger partial charge in [-0.15, -0.1) is 5.11 Å². The molecule has 31 heavy (non-hydrogen) atoms. The van der Waals surface area contributed by atoms with E-state index in [1.807, 2.05) is 72.8 Å². The monoisotopic (exact) mass is 485 g/mol. The Labute approximate surface area is 200 Å². The smallest absolute Gasteiger partial charge is 0.0874 e. The molecular formula is C24H15Cl4N3. The Morgan fingerprint density at radius 1 is 0.484 bits per heavy atom. The van der Waals surface area contributed by atoms with E-state index in [1.165, 1.54) is 0 Å². The second-order valence-corrected chi connectivity index (χ2v) is 8.50. The zero-order chi connectivity index (χ0) is 21.8. The Morgan fingerprint density at radius 3 is 1.35 bits per heavy atom. The maximum atomic E-state index is 6.08. The maximum absolute atomic E-state index is 6.08. The van der Waals surface area contributed by atoms with Crippen LogP contribution in [0.3, 0.4) is 0 Å². The summed E-state index contributed by atoms with van der Waals surface area (Å²) in [5, 5.41) is 10.7. The summed E-state index contributed by atoms with van der Waals surface area (Å²) in [7, 11) is 0. The molecule has 0 aliphatic carbocycles. The van der Waals surface area contributed by atoms with Crippen LogP contribution in [0.2, 0.25) is 20.1 Å². The van der Waals surface area contributed by atoms with Crippen molar-refractivity contribution in [2.75, 3.05) is 5.43 Å². The van der Waals surface area contributed by atoms with Gasteiger partial charge in [0.25, 0.3) is 0 Å². The number of anilines is 1. The first-order valence-corrected chi connectivity index (χ1v) is 10.8. The van der Waals surface area contributed by atoms with Crippen LogP contribution in [0, 0.1) is 0 Å². The summed E-state index contributed by atoms with van der Waals surface area (Å²) in [6.07, 6.45) is 0. The van der Waals surface area contributed by atoms with Crippen molar-refractivity contribution >= 4 is 57.8 Å². The van der Waals surface area contributed by atoms with E-state index in [4.69, 9.17) is 46.4 Å². The molecule has 0 aliphatic heterocycles. The van der Waals surface area contributed by atoms with E-state index in [0.717, 1.165) is 33.6 Å². The van der Waals surface area contributed by atoms with Crippen LogP contribution in [-0.4, -0.2) is 0 Å². The molecule has 0 bridgehead atoms. The van der Waals surface area contributed by atoms with Crippen molar-refractivity contribution in [3.63, 3.8) is 0 Å². The number of nitrogens with zero attached hydrogens (tertiary/aromatic N) is 2. The third-order valence-corrected chi connectivity index (χ3v) is 5.36. The molecule has 3 nitrogen and oxygen atoms in total. The number of rotatable bonds is 5. The van der Waals surface area contributed by atoms with Crippen molar-refractivity contribution in [1.82, 2.24) is 0 Å². The molecule has 154 valence electrons. The predicted molar refractivity (Wildman–Crippen MR) is 132 cm³/mol. The van der Waals surface area contributed by atoms with E-state index in [0.29, 0.717) is 20.1 Å². The fourth-order valence-corrected chi connectivity index (χ4v) is 4.09. The Morgan fingerprint density at radius 2 is 0.903 bits per heavy atom. The van der Waals surface area contributed by atoms with Crippen LogP contribution in [0.4, 0.5) is 11.4 Å². The molecule has 0 amide bonds. The summed E-state index contributed by atoms with van der Waals surface area (Å²) in [4.78, 5) is 0. The minimum Gasteiger partial charge on any atom is -0.260 e. The molecule has 0 unspecified atom stereocenters. The second kappa shape index (κ2) is 9.71. The van der Waals surface area contributed by atoms with Crippen LogP contribution in [0.1, 0.15) is 0 Å². The molecule has 7 heteroatoms. The minimum atomic E-state index is 0.597. The van der Waals surface area contributed by atoms with E-state index >= 15 is 0 Å². The largest absolute Gasteiger partial charge is 0.260 e. The van der Waals surface area contributed by atoms with Gasteiger partial charge in [-0.2, -0.15) is 0 Å². The van der Waals surface area contributed by atoms with Gasteiger partial charge in [0.1, 0.15) is 0 Å². The van der Waals surface area contributed by atoms with Crippen LogP contribution in [0.5, 0.6) is 0 Å². The molecule has 0 fully saturated rings. The number of hydrogen-bond donors (Lipinski definition) is 1. The lowest BCUT2D eigenvalue weighted by molar-refractivity contribution is 1.13. The summed E-state index contributed by atoms with van der Waals surface area (Å²) < 4.78 is 0. The molecule has 0 saturated carbocycles. The first kappa shape index (κ1) is 21.7. The Bertz CT molecular complexity index is 1200. The average molecular weight is 487 g/mol. The Kier molecular flexibility index (Phi) is 6.79. The fourth-order valence-electron chi connectivity index (χ4n) is 3.04. The first-order valence-electron chi connectivity index (χ1n) is 9.26. The molecule has 4 aromatic rings. The third-order valence-electron chi connectivity index (χ3n) is 4.49. The highest BCUT2D eigenvalue weighted by atomic mass is 35.5. The highest BCUT2D eigenvalue weighted by Crippen LogP contribution is 2.30. The molecule has 0 atom stereocenters. The summed E-state index contributed by atoms with van der Waals surface area (Å²) in [5.41, 5.74) is 8.35. The molecule has 4 aromatic carbocycles. The van der Waals surface area contributed by atoms with Gasteiger partial charge in [0.15, 0.2) is 0 Å². The van der Waals surface area contributed by atoms with Crippen LogP contribution in [0.25, 0.3) is 22.3 Å². The van der Waals surface area contributed by atoms with Crippen molar-refractivity contribution in [3.05, 3.63) is 105 Å². The lowest BCUT2D eigenvalue weighted by atomic mass is 10.1. The first-order chi connectivity index (χ1) is 15.0. The van der Waals surface area contributed by atoms with Gasteiger partial charge in [-0.25, -0.2) is 0 Å². The maximum Gasteiger partial charge on any atom is 0.0874 e. The quantitative estimate of drug-likeness (QED) is 0.221. The van der Waals surface area contributed by atoms with E-state index in [2.05, 4.69) is 15.8 Å². The van der Waals surface area contributed by atoms with Crippen molar-refractivity contribution in [1.29, 1.82) is 0 Å². The van der Waals surface area contributed by atoms with E-state index in [1.54, 1.807) is 12.1 Å². The van der Waals surface area contributed by atoms with Gasteiger partial charge in [0.05, 0.1) is 11.4 Å². The van der Waals surface area contributed by atoms with E-state index in [9.17, 15) is 0 Å². The summed E-state index contributed by atoms with van der Waals surface area (Å²) in [5.74, 6) is 0. The third kappa shape index (κ3) is 5.78. The highest BCUT2D eigenvalue weighted by molar-refractivity contribution is 6.35. The summed E-state index contributed by atoms with van der Waals surface area (Å²) in [6, 6.07) is 26.3. The molecular weight excluding hydrogens is 472 g/mol. The van der Waals surface area contributed by atoms with Crippen LogP contribution in [0.15, 0.2) is 95.3 Å². The second-order valence-electron chi connectivity index (χ2n) is 6.75. The number of benzene rings is 4. The van der Waals surface area contributed by atoms with Gasteiger partial charge >= 0.3 is 0 Å². The Balaban J connectivity index is 1.41. The Hall–Kier alpha value is -2.56. The van der Waals surface area contributed by atoms with Gasteiger partial charge in [0.2, 0.25) is 0 Å². The molecule has 4 rings (SSSR count). The summed E-state index contributed by atoms with van der Waals surface area (Å²) in [6.45, 7) is 0. The normalized spacial score (nSPS) is 11.1. The van der Waals surface area contributed by atoms with Gasteiger partial charge in [-0.1, -0.05) is 75.9 Å². The van der Waals surface area contributed by atoms with Gasteiger partial charge in [0, 0.05) is 20.1 Å². The van der Waals surface area contributed by atoms with Gasteiger partial charge in [-0.05, 0) is 82.9 Å². The lowest BCUT2D eigenvalue weighted by Gasteiger charge is -2.05. The minimum absolute atomic E-state index is 0.597. The van der Waals surface area contributed by atoms with Gasteiger partial charge in [-0.3, -0.25) is 5.43 Å². The summed E-state index contributed by atoms with van der Waals surface area (Å²) >= 11 is 24.3. The molecule has 0 radical (unpaired) electrons. The van der Waals surface area contributed by atoms with Crippen LogP contribution >= 0.6 is 46.4 Å². The van der Waals surface area contributed by atoms with Gasteiger partial charge < -0.3 is 0 Å². The molecule has 0 heterocycles. The molecule has 0 aliphatic rings. The number of hydrogen-bond acceptors (Lipinski definition) is 2. The van der Waals surface area contributed by atoms with E-state index < -0.39 is 0 Å². The zero-order valence-electron chi connectivity index (χ0n) is 16.0. The van der Waals surface area contributed by atoms with Crippen molar-refractivity contribution in [2.45, 2.75) is 0 Å². The van der Waals surface area contributed by atoms with Crippen LogP contribution in [-0.2, 0) is 0 Å². The number of halogens is 4. The zero-order valence-corrected chi connectivity index (χ0v) is 19.0. The molecule has 0 saturated heterocycles.